The number of halogens is 6. The molecule has 3 aliphatic heterocycles. The van der Waals surface area contributed by atoms with Gasteiger partial charge in [-0.3, -0.25) is 14.7 Å². The van der Waals surface area contributed by atoms with E-state index in [1.807, 2.05) is 0 Å². The zero-order valence-corrected chi connectivity index (χ0v) is 26.7. The van der Waals surface area contributed by atoms with Gasteiger partial charge < -0.3 is 0 Å². The third-order valence-corrected chi connectivity index (χ3v) is 8.56. The van der Waals surface area contributed by atoms with Crippen molar-refractivity contribution >= 4 is 0 Å². The van der Waals surface area contributed by atoms with Crippen LogP contribution in [0.1, 0.15) is 102 Å². The number of hydrogen-bond acceptors (Lipinski definition) is 3. The second kappa shape index (κ2) is 12.8. The van der Waals surface area contributed by atoms with Gasteiger partial charge in [0.15, 0.2) is 0 Å². The van der Waals surface area contributed by atoms with Crippen molar-refractivity contribution in [1.82, 2.24) is 14.7 Å². The van der Waals surface area contributed by atoms with Crippen molar-refractivity contribution in [2.24, 2.45) is 17.8 Å². The topological polar surface area (TPSA) is 9.72 Å². The van der Waals surface area contributed by atoms with Crippen LogP contribution in [0.3, 0.4) is 0 Å². The lowest BCUT2D eigenvalue weighted by molar-refractivity contribution is -0.0385. The first-order chi connectivity index (χ1) is 17.1. The molecule has 3 atom stereocenters. The molecule has 0 aromatic carbocycles. The Morgan fingerprint density at radius 1 is 0.385 bits per heavy atom. The van der Waals surface area contributed by atoms with E-state index in [1.165, 1.54) is 0 Å². The molecular formula is C30H57F6N3. The first-order valence-electron chi connectivity index (χ1n) is 14.5. The molecule has 0 aromatic heterocycles. The first kappa shape index (κ1) is 36.5. The highest BCUT2D eigenvalue weighted by Gasteiger charge is 2.43. The number of likely N-dealkylation sites (tertiary alicyclic amines) is 3. The number of hydrogen-bond donors (Lipinski definition) is 0. The normalized spacial score (nSPS) is 26.8. The van der Waals surface area contributed by atoms with Crippen LogP contribution >= 0.6 is 0 Å². The lowest BCUT2D eigenvalue weighted by Crippen LogP contribution is -2.40. The molecule has 3 nitrogen and oxygen atoms in total. The third-order valence-electron chi connectivity index (χ3n) is 8.56. The summed E-state index contributed by atoms with van der Waals surface area (Å²) >= 11 is 0. The lowest BCUT2D eigenvalue weighted by atomic mass is 10.0. The van der Waals surface area contributed by atoms with E-state index in [4.69, 9.17) is 0 Å². The molecule has 9 heteroatoms. The smallest absolute Gasteiger partial charge is 0.249 e. The molecule has 3 saturated heterocycles. The predicted octanol–water partition coefficient (Wildman–Crippen LogP) is 8.29. The zero-order valence-electron chi connectivity index (χ0n) is 26.7. The molecule has 3 aliphatic rings. The van der Waals surface area contributed by atoms with Crippen LogP contribution < -0.4 is 0 Å². The molecule has 3 fully saturated rings. The summed E-state index contributed by atoms with van der Waals surface area (Å²) in [5.74, 6) is -8.90. The molecule has 1 unspecified atom stereocenters. The maximum atomic E-state index is 13.0. The van der Waals surface area contributed by atoms with Crippen LogP contribution in [0.5, 0.6) is 0 Å². The van der Waals surface area contributed by atoms with Crippen LogP contribution in [0.15, 0.2) is 0 Å². The molecule has 0 spiro atoms. The minimum atomic E-state index is -2.51. The van der Waals surface area contributed by atoms with E-state index >= 15 is 0 Å². The maximum absolute atomic E-state index is 13.0. The highest BCUT2D eigenvalue weighted by molar-refractivity contribution is 4.91. The summed E-state index contributed by atoms with van der Waals surface area (Å²) in [6.45, 7) is 25.8. The Morgan fingerprint density at radius 3 is 0.641 bits per heavy atom. The minimum Gasteiger partial charge on any atom is -0.298 e. The van der Waals surface area contributed by atoms with Gasteiger partial charge in [-0.1, -0.05) is 0 Å². The maximum Gasteiger partial charge on any atom is 0.249 e. The number of nitrogens with zero attached hydrogens (tertiary/aromatic N) is 3. The van der Waals surface area contributed by atoms with Crippen LogP contribution in [0.4, 0.5) is 26.3 Å². The second-order valence-corrected chi connectivity index (χ2v) is 15.2. The van der Waals surface area contributed by atoms with Gasteiger partial charge in [0.2, 0.25) is 17.8 Å². The molecule has 0 radical (unpaired) electrons. The van der Waals surface area contributed by atoms with Crippen LogP contribution in [-0.2, 0) is 0 Å². The van der Waals surface area contributed by atoms with E-state index in [0.29, 0.717) is 38.9 Å². The molecule has 39 heavy (non-hydrogen) atoms. The first-order valence-corrected chi connectivity index (χ1v) is 14.5. The Labute approximate surface area is 235 Å². The minimum absolute atomic E-state index is 0.0278. The van der Waals surface area contributed by atoms with Gasteiger partial charge in [-0.2, -0.15) is 0 Å². The molecule has 0 N–H and O–H groups in total. The quantitative estimate of drug-likeness (QED) is 0.315. The van der Waals surface area contributed by atoms with Crippen LogP contribution in [0.2, 0.25) is 0 Å². The molecule has 0 bridgehead atoms. The van der Waals surface area contributed by atoms with Crippen LogP contribution in [-0.4, -0.2) is 88.4 Å². The summed E-state index contributed by atoms with van der Waals surface area (Å²) in [5.41, 5.74) is 0.0833. The average Bonchev–Trinajstić information content (AvgIpc) is 3.45. The lowest BCUT2D eigenvalue weighted by Gasteiger charge is -2.32. The molecule has 3 heterocycles. The summed E-state index contributed by atoms with van der Waals surface area (Å²) in [4.78, 5) is 6.40. The summed E-state index contributed by atoms with van der Waals surface area (Å²) < 4.78 is 77.8. The van der Waals surface area contributed by atoms with Crippen molar-refractivity contribution in [1.29, 1.82) is 0 Å². The number of alkyl halides is 6. The highest BCUT2D eigenvalue weighted by Crippen LogP contribution is 2.36. The molecular weight excluding hydrogens is 516 g/mol. The van der Waals surface area contributed by atoms with E-state index in [2.05, 4.69) is 77.0 Å². The molecule has 0 aromatic rings. The largest absolute Gasteiger partial charge is 0.298 e. The standard InChI is InChI=1S/3C10H19F2N/c3*1-9(2,3)13-6-5-8(7-13)10(4,11)12/h3*8H,5-7H2,1-4H3/t2*8-;/m10./s1. The fourth-order valence-corrected chi connectivity index (χ4v) is 5.35. The van der Waals surface area contributed by atoms with Crippen molar-refractivity contribution in [3.8, 4) is 0 Å². The fraction of sp³-hybridized carbons (Fsp3) is 1.00. The molecule has 234 valence electrons. The van der Waals surface area contributed by atoms with E-state index < -0.39 is 35.5 Å². The fourth-order valence-electron chi connectivity index (χ4n) is 5.35. The van der Waals surface area contributed by atoms with Gasteiger partial charge in [0.25, 0.3) is 0 Å². The van der Waals surface area contributed by atoms with Gasteiger partial charge in [-0.05, 0) is 122 Å². The van der Waals surface area contributed by atoms with Crippen molar-refractivity contribution in [2.45, 2.75) is 137 Å². The predicted molar refractivity (Wildman–Crippen MR) is 150 cm³/mol. The Balaban J connectivity index is 0.000000292. The monoisotopic (exact) mass is 573 g/mol. The van der Waals surface area contributed by atoms with E-state index in [-0.39, 0.29) is 16.6 Å². The molecule has 3 rings (SSSR count). The Bertz CT molecular complexity index is 575. The summed E-state index contributed by atoms with van der Waals surface area (Å²) in [5, 5.41) is 0. The van der Waals surface area contributed by atoms with Crippen LogP contribution in [0, 0.1) is 17.8 Å². The molecule has 0 aliphatic carbocycles. The highest BCUT2D eigenvalue weighted by atomic mass is 19.3. The second-order valence-electron chi connectivity index (χ2n) is 15.2. The molecule has 0 saturated carbocycles. The van der Waals surface area contributed by atoms with Crippen molar-refractivity contribution in [2.75, 3.05) is 39.3 Å². The Hall–Kier alpha value is -0.540. The average molecular weight is 574 g/mol. The Morgan fingerprint density at radius 2 is 0.564 bits per heavy atom. The van der Waals surface area contributed by atoms with Crippen molar-refractivity contribution in [3.63, 3.8) is 0 Å². The van der Waals surface area contributed by atoms with E-state index in [0.717, 1.165) is 40.4 Å². The summed E-state index contributed by atoms with van der Waals surface area (Å²) in [6, 6.07) is 0. The summed E-state index contributed by atoms with van der Waals surface area (Å²) in [6.07, 6.45) is 1.88. The van der Waals surface area contributed by atoms with Gasteiger partial charge in [0.1, 0.15) is 0 Å². The van der Waals surface area contributed by atoms with Crippen LogP contribution in [0.25, 0.3) is 0 Å². The SMILES string of the molecule is CC(F)(F)C1CCN(C(C)(C)C)C1.CC(F)(F)[C@@H]1CCN(C(C)(C)C)C1.CC(F)(F)[C@H]1CCN(C(C)(C)C)C1. The van der Waals surface area contributed by atoms with Gasteiger partial charge in [-0.15, -0.1) is 0 Å². The van der Waals surface area contributed by atoms with Gasteiger partial charge in [-0.25, -0.2) is 26.3 Å². The summed E-state index contributed by atoms with van der Waals surface area (Å²) in [7, 11) is 0. The van der Waals surface area contributed by atoms with Gasteiger partial charge in [0.05, 0.1) is 0 Å². The van der Waals surface area contributed by atoms with Crippen molar-refractivity contribution in [3.05, 3.63) is 0 Å². The Kier molecular flexibility index (Phi) is 11.9. The van der Waals surface area contributed by atoms with Gasteiger partial charge >= 0.3 is 0 Å². The molecule has 0 amide bonds. The van der Waals surface area contributed by atoms with Crippen molar-refractivity contribution < 1.29 is 26.3 Å². The number of rotatable bonds is 3. The van der Waals surface area contributed by atoms with E-state index in [1.54, 1.807) is 0 Å². The van der Waals surface area contributed by atoms with E-state index in [9.17, 15) is 26.3 Å². The van der Waals surface area contributed by atoms with Gasteiger partial charge in [0, 0.05) is 54.0 Å². The third kappa shape index (κ3) is 12.1. The zero-order chi connectivity index (χ0) is 30.8.